The highest BCUT2D eigenvalue weighted by atomic mass is 32.2. The van der Waals surface area contributed by atoms with Gasteiger partial charge in [-0.15, -0.1) is 0 Å². The Morgan fingerprint density at radius 1 is 1.00 bits per heavy atom. The van der Waals surface area contributed by atoms with E-state index in [2.05, 4.69) is 5.32 Å². The summed E-state index contributed by atoms with van der Waals surface area (Å²) in [6.45, 7) is 3.96. The minimum Gasteiger partial charge on any atom is -0.355 e. The molecule has 1 N–H and O–H groups in total. The fourth-order valence-electron chi connectivity index (χ4n) is 2.46. The first kappa shape index (κ1) is 18.0. The van der Waals surface area contributed by atoms with Crippen LogP contribution in [0.25, 0.3) is 0 Å². The fourth-order valence-corrected chi connectivity index (χ4v) is 3.94. The highest BCUT2D eigenvalue weighted by Crippen LogP contribution is 2.27. The first-order chi connectivity index (χ1) is 11.5. The van der Waals surface area contributed by atoms with Crippen molar-refractivity contribution < 1.29 is 13.2 Å². The molecule has 0 heterocycles. The lowest BCUT2D eigenvalue weighted by Crippen LogP contribution is -2.41. The van der Waals surface area contributed by atoms with E-state index in [1.54, 1.807) is 37.3 Å². The van der Waals surface area contributed by atoms with Crippen molar-refractivity contribution in [3.8, 4) is 0 Å². The van der Waals surface area contributed by atoms with Crippen molar-refractivity contribution >= 4 is 21.6 Å². The molecule has 0 aliphatic heterocycles. The number of likely N-dealkylation sites (N-methyl/N-ethyl adjacent to an activating group) is 1. The van der Waals surface area contributed by atoms with E-state index in [9.17, 15) is 13.2 Å². The SMILES string of the molecule is CCNC(=O)CN(c1ccccc1CC)S(=O)(=O)c1ccccc1. The smallest absolute Gasteiger partial charge is 0.264 e. The van der Waals surface area contributed by atoms with E-state index in [0.29, 0.717) is 18.7 Å². The van der Waals surface area contributed by atoms with E-state index in [4.69, 9.17) is 0 Å². The number of para-hydroxylation sites is 1. The molecule has 0 saturated carbocycles. The lowest BCUT2D eigenvalue weighted by molar-refractivity contribution is -0.119. The van der Waals surface area contributed by atoms with Gasteiger partial charge in [0.25, 0.3) is 10.0 Å². The van der Waals surface area contributed by atoms with Crippen molar-refractivity contribution in [3.63, 3.8) is 0 Å². The summed E-state index contributed by atoms with van der Waals surface area (Å²) in [6, 6.07) is 15.4. The number of anilines is 1. The van der Waals surface area contributed by atoms with Gasteiger partial charge in [-0.3, -0.25) is 9.10 Å². The average Bonchev–Trinajstić information content (AvgIpc) is 2.60. The van der Waals surface area contributed by atoms with Crippen LogP contribution in [0.3, 0.4) is 0 Å². The standard InChI is InChI=1S/C18H22N2O3S/c1-3-15-10-8-9-13-17(15)20(14-18(21)19-4-2)24(22,23)16-11-6-5-7-12-16/h5-13H,3-4,14H2,1-2H3,(H,19,21). The van der Waals surface area contributed by atoms with E-state index in [-0.39, 0.29) is 17.3 Å². The van der Waals surface area contributed by atoms with Gasteiger partial charge in [0, 0.05) is 6.54 Å². The molecule has 0 unspecified atom stereocenters. The zero-order valence-corrected chi connectivity index (χ0v) is 14.7. The second-order valence-corrected chi connectivity index (χ2v) is 7.12. The maximum atomic E-state index is 13.1. The summed E-state index contributed by atoms with van der Waals surface area (Å²) in [5.74, 6) is -0.331. The average molecular weight is 346 g/mol. The molecule has 128 valence electrons. The Morgan fingerprint density at radius 2 is 1.62 bits per heavy atom. The molecule has 0 spiro atoms. The number of carbonyl (C=O) groups excluding carboxylic acids is 1. The van der Waals surface area contributed by atoms with Crippen molar-refractivity contribution in [1.29, 1.82) is 0 Å². The minimum absolute atomic E-state index is 0.167. The van der Waals surface area contributed by atoms with Gasteiger partial charge in [-0.1, -0.05) is 43.3 Å². The Kier molecular flexibility index (Phi) is 5.98. The van der Waals surface area contributed by atoms with Gasteiger partial charge in [-0.05, 0) is 37.1 Å². The Labute approximate surface area is 143 Å². The molecule has 0 saturated heterocycles. The predicted molar refractivity (Wildman–Crippen MR) is 95.5 cm³/mol. The van der Waals surface area contributed by atoms with Gasteiger partial charge in [0.2, 0.25) is 5.91 Å². The number of benzene rings is 2. The number of aryl methyl sites for hydroxylation is 1. The summed E-state index contributed by atoms with van der Waals surface area (Å²) in [5, 5.41) is 2.66. The molecule has 0 aliphatic rings. The lowest BCUT2D eigenvalue weighted by Gasteiger charge is -2.26. The molecule has 0 aliphatic carbocycles. The van der Waals surface area contributed by atoms with Gasteiger partial charge < -0.3 is 5.32 Å². The molecule has 2 rings (SSSR count). The van der Waals surface area contributed by atoms with Crippen molar-refractivity contribution in [2.75, 3.05) is 17.4 Å². The van der Waals surface area contributed by atoms with Gasteiger partial charge in [0.05, 0.1) is 10.6 Å². The van der Waals surface area contributed by atoms with Crippen LogP contribution in [0.1, 0.15) is 19.4 Å². The van der Waals surface area contributed by atoms with Crippen LogP contribution in [0.2, 0.25) is 0 Å². The topological polar surface area (TPSA) is 66.5 Å². The Hall–Kier alpha value is -2.34. The third-order valence-electron chi connectivity index (χ3n) is 3.63. The van der Waals surface area contributed by atoms with Gasteiger partial charge >= 0.3 is 0 Å². The van der Waals surface area contributed by atoms with Crippen molar-refractivity contribution in [2.45, 2.75) is 25.2 Å². The Bertz CT molecular complexity index is 789. The molecule has 0 atom stereocenters. The third-order valence-corrected chi connectivity index (χ3v) is 5.41. The number of carbonyl (C=O) groups is 1. The molecule has 1 amide bonds. The predicted octanol–water partition coefficient (Wildman–Crippen LogP) is 2.58. The Morgan fingerprint density at radius 3 is 2.25 bits per heavy atom. The minimum atomic E-state index is -3.83. The van der Waals surface area contributed by atoms with Gasteiger partial charge in [-0.25, -0.2) is 8.42 Å². The van der Waals surface area contributed by atoms with E-state index in [1.165, 1.54) is 16.4 Å². The summed E-state index contributed by atoms with van der Waals surface area (Å²) in [7, 11) is -3.83. The summed E-state index contributed by atoms with van der Waals surface area (Å²) in [5.41, 5.74) is 1.41. The van der Waals surface area contributed by atoms with E-state index < -0.39 is 10.0 Å². The molecule has 2 aromatic carbocycles. The molecular formula is C18H22N2O3S. The molecule has 0 radical (unpaired) electrons. The van der Waals surface area contributed by atoms with Crippen LogP contribution in [0.5, 0.6) is 0 Å². The molecule has 5 nitrogen and oxygen atoms in total. The highest BCUT2D eigenvalue weighted by Gasteiger charge is 2.28. The summed E-state index contributed by atoms with van der Waals surface area (Å²) in [4.78, 5) is 12.3. The number of sulfonamides is 1. The first-order valence-electron chi connectivity index (χ1n) is 7.93. The normalized spacial score (nSPS) is 11.1. The second-order valence-electron chi connectivity index (χ2n) is 5.26. The van der Waals surface area contributed by atoms with E-state index in [0.717, 1.165) is 5.56 Å². The Balaban J connectivity index is 2.53. The number of rotatable bonds is 7. The number of hydrogen-bond acceptors (Lipinski definition) is 3. The van der Waals surface area contributed by atoms with Crippen LogP contribution in [0, 0.1) is 0 Å². The largest absolute Gasteiger partial charge is 0.355 e. The van der Waals surface area contributed by atoms with Crippen molar-refractivity contribution in [3.05, 3.63) is 60.2 Å². The fraction of sp³-hybridized carbons (Fsp3) is 0.278. The van der Waals surface area contributed by atoms with E-state index >= 15 is 0 Å². The number of nitrogens with one attached hydrogen (secondary N) is 1. The van der Waals surface area contributed by atoms with Crippen LogP contribution in [-0.4, -0.2) is 27.4 Å². The highest BCUT2D eigenvalue weighted by molar-refractivity contribution is 7.92. The molecule has 24 heavy (non-hydrogen) atoms. The molecule has 6 heteroatoms. The maximum absolute atomic E-state index is 13.1. The molecule has 2 aromatic rings. The van der Waals surface area contributed by atoms with Gasteiger partial charge in [0.15, 0.2) is 0 Å². The van der Waals surface area contributed by atoms with Crippen LogP contribution in [0.15, 0.2) is 59.5 Å². The molecule has 0 fully saturated rings. The van der Waals surface area contributed by atoms with E-state index in [1.807, 2.05) is 19.1 Å². The zero-order chi connectivity index (χ0) is 17.6. The van der Waals surface area contributed by atoms with Gasteiger partial charge in [-0.2, -0.15) is 0 Å². The monoisotopic (exact) mass is 346 g/mol. The van der Waals surface area contributed by atoms with Crippen LogP contribution in [-0.2, 0) is 21.2 Å². The molecule has 0 aromatic heterocycles. The van der Waals surface area contributed by atoms with Crippen LogP contribution in [0.4, 0.5) is 5.69 Å². The first-order valence-corrected chi connectivity index (χ1v) is 9.37. The summed E-state index contributed by atoms with van der Waals surface area (Å²) < 4.78 is 27.4. The zero-order valence-electron chi connectivity index (χ0n) is 13.9. The quantitative estimate of drug-likeness (QED) is 0.838. The number of amides is 1. The molecular weight excluding hydrogens is 324 g/mol. The van der Waals surface area contributed by atoms with Crippen LogP contribution >= 0.6 is 0 Å². The second kappa shape index (κ2) is 7.97. The molecule has 0 bridgehead atoms. The summed E-state index contributed by atoms with van der Waals surface area (Å²) in [6.07, 6.45) is 0.673. The van der Waals surface area contributed by atoms with Crippen molar-refractivity contribution in [2.24, 2.45) is 0 Å². The third kappa shape index (κ3) is 3.94. The summed E-state index contributed by atoms with van der Waals surface area (Å²) >= 11 is 0. The number of hydrogen-bond donors (Lipinski definition) is 1. The van der Waals surface area contributed by atoms with Crippen molar-refractivity contribution in [1.82, 2.24) is 5.32 Å². The number of nitrogens with zero attached hydrogens (tertiary/aromatic N) is 1. The van der Waals surface area contributed by atoms with Gasteiger partial charge in [0.1, 0.15) is 6.54 Å². The van der Waals surface area contributed by atoms with Crippen LogP contribution < -0.4 is 9.62 Å². The lowest BCUT2D eigenvalue weighted by atomic mass is 10.1. The maximum Gasteiger partial charge on any atom is 0.264 e.